The van der Waals surface area contributed by atoms with Crippen LogP contribution in [-0.4, -0.2) is 95.9 Å². The smallest absolute Gasteiger partial charge is 0.228 e. The Balaban J connectivity index is 0.000000124. The first-order valence-electron chi connectivity index (χ1n) is 30.2. The van der Waals surface area contributed by atoms with Crippen molar-refractivity contribution in [1.29, 1.82) is 0 Å². The molecule has 0 amide bonds. The van der Waals surface area contributed by atoms with Crippen molar-refractivity contribution in [2.24, 2.45) is 7.05 Å². The number of para-hydroxylation sites is 4. The SMILES string of the molecule is CC(=O)n1cc(O)c2ccccc21.Cn1cc(O)c2ccccc21.Oc1c[nH]c2c(Br)cccc12.Oc1c[nH]c2c(Cl)cccc12.Oc1c[nH]c2cc(Br)ccc12.Oc1c[nH]c2cc(Cl)ccc12.Oc1c[nH]c2ccc(Br)c(Cl)c12.Oc1c[nH]c2ccc(Br)cc12.Oc1c[nH]c2ccc(Cl)cc12. The average Bonchev–Trinajstić information content (AvgIpc) is 1.64. The molecule has 16 N–H and O–H groups in total. The van der Waals surface area contributed by atoms with Crippen molar-refractivity contribution < 1.29 is 50.8 Å². The van der Waals surface area contributed by atoms with Gasteiger partial charge in [0.05, 0.1) is 60.2 Å². The Bertz CT molecular complexity index is 5660. The summed E-state index contributed by atoms with van der Waals surface area (Å²) in [6, 6.07) is 51.8. The first kappa shape index (κ1) is 74.5. The number of aryl methyl sites for hydroxylation is 1. The largest absolute Gasteiger partial charge is 0.506 e. The molecule has 9 aromatic heterocycles. The highest BCUT2D eigenvalue weighted by Gasteiger charge is 2.12. The molecule has 0 radical (unpaired) electrons. The van der Waals surface area contributed by atoms with Gasteiger partial charge in [0.1, 0.15) is 51.7 Å². The lowest BCUT2D eigenvalue weighted by molar-refractivity contribution is 0.0941. The lowest BCUT2D eigenvalue weighted by Crippen LogP contribution is -2.02. The van der Waals surface area contributed by atoms with Gasteiger partial charge in [-0.1, -0.05) is 115 Å². The maximum absolute atomic E-state index is 11.1. The molecule has 0 unspecified atom stereocenters. The number of aromatic nitrogens is 9. The summed E-state index contributed by atoms with van der Waals surface area (Å²) in [5.74, 6) is 2.19. The second-order valence-electron chi connectivity index (χ2n) is 22.1. The third-order valence-electron chi connectivity index (χ3n) is 15.4. The van der Waals surface area contributed by atoms with Crippen LogP contribution in [0.15, 0.2) is 244 Å². The van der Waals surface area contributed by atoms with Crippen LogP contribution in [0.25, 0.3) is 98.1 Å². The fourth-order valence-corrected chi connectivity index (χ4v) is 12.8. The molecule has 0 spiro atoms. The zero-order valence-electron chi connectivity index (χ0n) is 53.2. The van der Waals surface area contributed by atoms with Gasteiger partial charge in [0.25, 0.3) is 0 Å². The molecule has 9 heterocycles. The van der Waals surface area contributed by atoms with E-state index in [1.807, 2.05) is 127 Å². The number of aromatic amines is 7. The van der Waals surface area contributed by atoms with E-state index in [1.54, 1.807) is 91.8 Å². The number of nitrogens with one attached hydrogen (secondary N) is 7. The highest BCUT2D eigenvalue weighted by atomic mass is 79.9. The molecular weight excluding hydrogens is 1650 g/mol. The fourth-order valence-electron chi connectivity index (χ4n) is 10.4. The van der Waals surface area contributed by atoms with Gasteiger partial charge in [-0.3, -0.25) is 9.36 Å². The number of nitrogens with zero attached hydrogens (tertiary/aromatic N) is 2. The van der Waals surface area contributed by atoms with E-state index in [1.165, 1.54) is 30.1 Å². The number of halogens is 8. The molecule has 27 heteroatoms. The van der Waals surface area contributed by atoms with Crippen molar-refractivity contribution in [3.63, 3.8) is 0 Å². The van der Waals surface area contributed by atoms with E-state index in [0.717, 1.165) is 105 Å². The summed E-state index contributed by atoms with van der Waals surface area (Å²) in [4.78, 5) is 31.6. The van der Waals surface area contributed by atoms with Gasteiger partial charge in [0.15, 0.2) is 0 Å². The van der Waals surface area contributed by atoms with Crippen LogP contribution in [0, 0.1) is 0 Å². The highest BCUT2D eigenvalue weighted by Crippen LogP contribution is 2.37. The second kappa shape index (κ2) is 33.5. The molecule has 18 rings (SSSR count). The Morgan fingerprint density at radius 1 is 0.353 bits per heavy atom. The number of aromatic hydroxyl groups is 9. The van der Waals surface area contributed by atoms with Gasteiger partial charge in [-0.25, -0.2) is 0 Å². The van der Waals surface area contributed by atoms with Crippen molar-refractivity contribution in [2.45, 2.75) is 6.92 Å². The maximum Gasteiger partial charge on any atom is 0.228 e. The molecule has 0 fully saturated rings. The van der Waals surface area contributed by atoms with Crippen LogP contribution in [0.1, 0.15) is 11.7 Å². The number of H-pyrrole nitrogens is 7. The highest BCUT2D eigenvalue weighted by molar-refractivity contribution is 9.11. The zero-order valence-corrected chi connectivity index (χ0v) is 62.6. The van der Waals surface area contributed by atoms with E-state index in [2.05, 4.69) is 98.6 Å². The van der Waals surface area contributed by atoms with E-state index in [4.69, 9.17) is 46.4 Å². The number of carbonyl (C=O) groups is 1. The predicted molar refractivity (Wildman–Crippen MR) is 425 cm³/mol. The molecule has 520 valence electrons. The predicted octanol–water partition coefficient (Wildman–Crippen LogP) is 22.7. The van der Waals surface area contributed by atoms with E-state index in [0.29, 0.717) is 53.9 Å². The molecule has 9 aromatic carbocycles. The topological polar surface area (TPSA) is 320 Å². The quantitative estimate of drug-likeness (QED) is 0.0680. The summed E-state index contributed by atoms with van der Waals surface area (Å²) in [6.07, 6.45) is 14.0. The molecule has 0 saturated heterocycles. The van der Waals surface area contributed by atoms with E-state index in [9.17, 15) is 50.8 Å². The Hall–Kier alpha value is -10.2. The van der Waals surface area contributed by atoms with E-state index < -0.39 is 0 Å². The van der Waals surface area contributed by atoms with Gasteiger partial charge in [-0.05, 0) is 165 Å². The van der Waals surface area contributed by atoms with Crippen molar-refractivity contribution in [1.82, 2.24) is 44.0 Å². The standard InChI is InChI=1S/C10H9NO2.C9H9NO.C8H5BrClNO.3C8H6BrNO.3C8H6ClNO/c1-7(12)11-6-10(13)8-4-2-3-5-9(8)11;1-10-6-9(11)7-4-2-3-5-8(7)10;9-4-1-2-5-7(8(4)10)6(12)3-11-5;9-5-1-2-7-6(3-5)8(11)4-10-7;9-5-1-2-6-7(3-5)10-4-8(6)11;9-6-3-1-2-5-7(11)4-10-8(5)6;9-5-1-2-7-6(3-5)8(11)4-10-7;9-5-1-2-6-7(3-5)10-4-8(6)11;9-6-3-1-2-5-7(11)4-10-8(5)6/h2-6,13H,1H3;2-6,11H,1H3;1-3,11-12H;6*1-4,10-11H. The van der Waals surface area contributed by atoms with Gasteiger partial charge in [-0.15, -0.1) is 0 Å². The van der Waals surface area contributed by atoms with Crippen LogP contribution in [0.2, 0.25) is 20.1 Å². The van der Waals surface area contributed by atoms with Crippen LogP contribution in [0.4, 0.5) is 0 Å². The zero-order chi connectivity index (χ0) is 73.1. The van der Waals surface area contributed by atoms with Crippen LogP contribution < -0.4 is 0 Å². The van der Waals surface area contributed by atoms with Gasteiger partial charge in [-0.2, -0.15) is 0 Å². The molecule has 0 atom stereocenters. The molecular formula is C75H59Br4Cl4N9O10. The van der Waals surface area contributed by atoms with Crippen molar-refractivity contribution in [3.05, 3.63) is 264 Å². The van der Waals surface area contributed by atoms with Crippen LogP contribution in [0.5, 0.6) is 51.7 Å². The van der Waals surface area contributed by atoms with Crippen molar-refractivity contribution in [3.8, 4) is 51.7 Å². The van der Waals surface area contributed by atoms with Gasteiger partial charge < -0.3 is 85.4 Å². The number of carbonyl (C=O) groups excluding carboxylic acids is 1. The van der Waals surface area contributed by atoms with Crippen molar-refractivity contribution in [2.75, 3.05) is 0 Å². The maximum atomic E-state index is 11.1. The molecule has 18 aromatic rings. The minimum absolute atomic E-state index is 0.100. The minimum Gasteiger partial charge on any atom is -0.506 e. The Morgan fingerprint density at radius 2 is 0.784 bits per heavy atom. The van der Waals surface area contributed by atoms with Gasteiger partial charge in [0, 0.05) is 146 Å². The first-order chi connectivity index (χ1) is 48.8. The number of hydrogen-bond acceptors (Lipinski definition) is 10. The Morgan fingerprint density at radius 3 is 1.40 bits per heavy atom. The molecule has 102 heavy (non-hydrogen) atoms. The third kappa shape index (κ3) is 17.7. The summed E-state index contributed by atoms with van der Waals surface area (Å²) in [6.45, 7) is 1.46. The Kier molecular flexibility index (Phi) is 24.5. The summed E-state index contributed by atoms with van der Waals surface area (Å²) in [5.41, 5.74) is 8.00. The lowest BCUT2D eigenvalue weighted by Gasteiger charge is -1.97. The molecule has 0 aliphatic rings. The summed E-state index contributed by atoms with van der Waals surface area (Å²) >= 11 is 36.5. The molecule has 0 aliphatic carbocycles. The second-order valence-corrected chi connectivity index (χ2v) is 27.3. The van der Waals surface area contributed by atoms with E-state index >= 15 is 0 Å². The molecule has 0 bridgehead atoms. The number of hydrogen-bond donors (Lipinski definition) is 16. The normalized spacial score (nSPS) is 10.6. The van der Waals surface area contributed by atoms with Crippen LogP contribution in [-0.2, 0) is 7.05 Å². The number of rotatable bonds is 0. The van der Waals surface area contributed by atoms with Crippen molar-refractivity contribution >= 4 is 214 Å². The monoisotopic (exact) mass is 1700 g/mol. The molecule has 19 nitrogen and oxygen atoms in total. The molecule has 0 aliphatic heterocycles. The summed E-state index contributed by atoms with van der Waals surface area (Å²) < 4.78 is 7.07. The number of benzene rings is 9. The average molecular weight is 1710 g/mol. The minimum atomic E-state index is -0.100. The first-order valence-corrected chi connectivity index (χ1v) is 34.9. The van der Waals surface area contributed by atoms with Crippen LogP contribution in [0.3, 0.4) is 0 Å². The summed E-state index contributed by atoms with van der Waals surface area (Å²) in [5, 5.41) is 93.4. The third-order valence-corrected chi connectivity index (χ3v) is 19.1. The lowest BCUT2D eigenvalue weighted by atomic mass is 10.2. The molecule has 0 saturated carbocycles. The van der Waals surface area contributed by atoms with Crippen LogP contribution >= 0.6 is 110 Å². The summed E-state index contributed by atoms with van der Waals surface area (Å²) in [7, 11) is 1.92. The van der Waals surface area contributed by atoms with Gasteiger partial charge >= 0.3 is 0 Å². The fraction of sp³-hybridized carbons (Fsp3) is 0.0267. The van der Waals surface area contributed by atoms with E-state index in [-0.39, 0.29) is 34.7 Å². The van der Waals surface area contributed by atoms with Gasteiger partial charge in [0.2, 0.25) is 5.91 Å². The number of fused-ring (bicyclic) bond motifs is 9. The Labute approximate surface area is 632 Å².